The van der Waals surface area contributed by atoms with Gasteiger partial charge in [-0.05, 0) is 50.7 Å². The molecule has 1 N–H and O–H groups in total. The number of amides is 1. The van der Waals surface area contributed by atoms with Gasteiger partial charge in [0.25, 0.3) is 0 Å². The Labute approximate surface area is 168 Å². The first-order valence-electron chi connectivity index (χ1n) is 9.84. The average molecular weight is 400 g/mol. The van der Waals surface area contributed by atoms with Crippen LogP contribution in [0, 0.1) is 6.92 Å². The summed E-state index contributed by atoms with van der Waals surface area (Å²) in [4.78, 5) is 29.3. The summed E-state index contributed by atoms with van der Waals surface area (Å²) in [6.45, 7) is 3.33. The van der Waals surface area contributed by atoms with Gasteiger partial charge in [0.1, 0.15) is 5.03 Å². The summed E-state index contributed by atoms with van der Waals surface area (Å²) in [6.07, 6.45) is 4.99. The van der Waals surface area contributed by atoms with Crippen LogP contribution in [0.1, 0.15) is 36.1 Å². The van der Waals surface area contributed by atoms with E-state index in [1.54, 1.807) is 4.57 Å². The molecular formula is C21H25N3O3S. The Morgan fingerprint density at radius 1 is 1.32 bits per heavy atom. The molecule has 7 heteroatoms. The standard InChI is InChI=1S/C21H25N3O3S/c1-14-6-2-3-9-17(14)22-19(25)13-28-20-16-8-4-10-18(16)24(21(26)23-20)12-15-7-5-11-27-15/h2-3,6,9,15H,4-5,7-8,10-13H2,1H3,(H,22,25). The molecular weight excluding hydrogens is 374 g/mol. The lowest BCUT2D eigenvalue weighted by molar-refractivity contribution is -0.113. The number of aryl methyl sites for hydroxylation is 1. The number of fused-ring (bicyclic) bond motifs is 1. The van der Waals surface area contributed by atoms with Crippen LogP contribution in [0.5, 0.6) is 0 Å². The Bertz CT molecular complexity index is 935. The zero-order chi connectivity index (χ0) is 19.5. The van der Waals surface area contributed by atoms with Gasteiger partial charge in [0, 0.05) is 23.6 Å². The van der Waals surface area contributed by atoms with Gasteiger partial charge in [-0.2, -0.15) is 4.98 Å². The predicted octanol–water partition coefficient (Wildman–Crippen LogP) is 2.95. The van der Waals surface area contributed by atoms with Gasteiger partial charge < -0.3 is 10.1 Å². The second-order valence-electron chi connectivity index (χ2n) is 7.38. The maximum atomic E-state index is 12.7. The Kier molecular flexibility index (Phi) is 5.82. The van der Waals surface area contributed by atoms with E-state index in [1.165, 1.54) is 11.8 Å². The molecule has 148 valence electrons. The maximum Gasteiger partial charge on any atom is 0.348 e. The Balaban J connectivity index is 1.47. The third-order valence-corrected chi connectivity index (χ3v) is 6.39. The van der Waals surface area contributed by atoms with Crippen LogP contribution < -0.4 is 11.0 Å². The normalized spacial score (nSPS) is 18.2. The first kappa shape index (κ1) is 19.2. The van der Waals surface area contributed by atoms with Crippen molar-refractivity contribution in [2.45, 2.75) is 56.7 Å². The van der Waals surface area contributed by atoms with Crippen LogP contribution in [0.3, 0.4) is 0 Å². The van der Waals surface area contributed by atoms with Gasteiger partial charge in [0.2, 0.25) is 5.91 Å². The molecule has 1 unspecified atom stereocenters. The number of nitrogens with zero attached hydrogens (tertiary/aromatic N) is 2. The van der Waals surface area contributed by atoms with Crippen LogP contribution in [-0.2, 0) is 28.9 Å². The van der Waals surface area contributed by atoms with Gasteiger partial charge in [-0.1, -0.05) is 30.0 Å². The molecule has 2 heterocycles. The van der Waals surface area contributed by atoms with Crippen LogP contribution in [0.25, 0.3) is 0 Å². The number of anilines is 1. The number of carbonyl (C=O) groups excluding carboxylic acids is 1. The number of thioether (sulfide) groups is 1. The molecule has 1 amide bonds. The molecule has 1 aromatic heterocycles. The first-order valence-corrected chi connectivity index (χ1v) is 10.8. The number of benzene rings is 1. The lowest BCUT2D eigenvalue weighted by Crippen LogP contribution is -2.31. The van der Waals surface area contributed by atoms with Crippen LogP contribution in [0.4, 0.5) is 5.69 Å². The smallest absolute Gasteiger partial charge is 0.348 e. The summed E-state index contributed by atoms with van der Waals surface area (Å²) in [5.74, 6) is 0.152. The van der Waals surface area contributed by atoms with Crippen molar-refractivity contribution in [3.8, 4) is 0 Å². The highest BCUT2D eigenvalue weighted by atomic mass is 32.2. The lowest BCUT2D eigenvalue weighted by atomic mass is 10.2. The van der Waals surface area contributed by atoms with Crippen LogP contribution in [0.2, 0.25) is 0 Å². The molecule has 0 saturated carbocycles. The van der Waals surface area contributed by atoms with E-state index in [0.717, 1.165) is 61.2 Å². The summed E-state index contributed by atoms with van der Waals surface area (Å²) >= 11 is 1.36. The number of ether oxygens (including phenoxy) is 1. The second kappa shape index (κ2) is 8.49. The minimum atomic E-state index is -0.224. The van der Waals surface area contributed by atoms with Crippen LogP contribution in [-0.4, -0.2) is 33.9 Å². The van der Waals surface area contributed by atoms with Crippen molar-refractivity contribution in [3.05, 3.63) is 51.6 Å². The highest BCUT2D eigenvalue weighted by Crippen LogP contribution is 2.30. The molecule has 6 nitrogen and oxygen atoms in total. The SMILES string of the molecule is Cc1ccccc1NC(=O)CSc1nc(=O)n(CC2CCCO2)c2c1CCC2. The van der Waals surface area contributed by atoms with E-state index in [9.17, 15) is 9.59 Å². The molecule has 4 rings (SSSR count). The number of rotatable bonds is 6. The van der Waals surface area contributed by atoms with Gasteiger partial charge in [-0.25, -0.2) is 4.79 Å². The number of hydrogen-bond donors (Lipinski definition) is 1. The molecule has 0 spiro atoms. The minimum Gasteiger partial charge on any atom is -0.376 e. The van der Waals surface area contributed by atoms with Crippen LogP contribution in [0.15, 0.2) is 34.1 Å². The molecule has 28 heavy (non-hydrogen) atoms. The maximum absolute atomic E-state index is 12.7. The van der Waals surface area contributed by atoms with Gasteiger partial charge in [0.05, 0.1) is 18.4 Å². The second-order valence-corrected chi connectivity index (χ2v) is 8.34. The lowest BCUT2D eigenvalue weighted by Gasteiger charge is -2.17. The van der Waals surface area contributed by atoms with E-state index in [4.69, 9.17) is 4.74 Å². The Morgan fingerprint density at radius 2 is 2.18 bits per heavy atom. The van der Waals surface area contributed by atoms with E-state index in [-0.39, 0.29) is 23.5 Å². The van der Waals surface area contributed by atoms with Crippen molar-refractivity contribution in [3.63, 3.8) is 0 Å². The average Bonchev–Trinajstić information content (AvgIpc) is 3.36. The summed E-state index contributed by atoms with van der Waals surface area (Å²) < 4.78 is 7.50. The van der Waals surface area contributed by atoms with Crippen molar-refractivity contribution in [1.29, 1.82) is 0 Å². The number of para-hydroxylation sites is 1. The zero-order valence-electron chi connectivity index (χ0n) is 16.1. The fourth-order valence-corrected chi connectivity index (χ4v) is 4.80. The monoisotopic (exact) mass is 399 g/mol. The first-order chi connectivity index (χ1) is 13.6. The van der Waals surface area contributed by atoms with Crippen molar-refractivity contribution in [2.24, 2.45) is 0 Å². The third kappa shape index (κ3) is 4.15. The molecule has 1 aromatic carbocycles. The van der Waals surface area contributed by atoms with Crippen molar-refractivity contribution < 1.29 is 9.53 Å². The molecule has 1 atom stereocenters. The number of hydrogen-bond acceptors (Lipinski definition) is 5. The van der Waals surface area contributed by atoms with Gasteiger partial charge in [0.15, 0.2) is 0 Å². The van der Waals surface area contributed by atoms with Crippen molar-refractivity contribution in [1.82, 2.24) is 9.55 Å². The Hall–Kier alpha value is -2.12. The van der Waals surface area contributed by atoms with E-state index >= 15 is 0 Å². The largest absolute Gasteiger partial charge is 0.376 e. The molecule has 1 saturated heterocycles. The molecule has 2 aliphatic rings. The molecule has 1 aliphatic carbocycles. The summed E-state index contributed by atoms with van der Waals surface area (Å²) in [5, 5.41) is 3.64. The predicted molar refractivity (Wildman–Crippen MR) is 110 cm³/mol. The van der Waals surface area contributed by atoms with E-state index in [0.29, 0.717) is 11.6 Å². The fraction of sp³-hybridized carbons (Fsp3) is 0.476. The summed E-state index contributed by atoms with van der Waals surface area (Å²) in [5.41, 5.74) is 3.83. The number of aromatic nitrogens is 2. The third-order valence-electron chi connectivity index (χ3n) is 5.37. The van der Waals surface area contributed by atoms with Crippen molar-refractivity contribution in [2.75, 3.05) is 17.7 Å². The molecule has 1 fully saturated rings. The van der Waals surface area contributed by atoms with E-state index in [2.05, 4.69) is 10.3 Å². The van der Waals surface area contributed by atoms with Gasteiger partial charge in [-0.3, -0.25) is 9.36 Å². The highest BCUT2D eigenvalue weighted by molar-refractivity contribution is 8.00. The fourth-order valence-electron chi connectivity index (χ4n) is 3.92. The van der Waals surface area contributed by atoms with Gasteiger partial charge >= 0.3 is 5.69 Å². The molecule has 1 aliphatic heterocycles. The molecule has 0 radical (unpaired) electrons. The Morgan fingerprint density at radius 3 is 2.96 bits per heavy atom. The summed E-state index contributed by atoms with van der Waals surface area (Å²) in [6, 6.07) is 7.70. The van der Waals surface area contributed by atoms with Gasteiger partial charge in [-0.15, -0.1) is 0 Å². The summed E-state index contributed by atoms with van der Waals surface area (Å²) in [7, 11) is 0. The number of carbonyl (C=O) groups is 1. The van der Waals surface area contributed by atoms with E-state index in [1.807, 2.05) is 31.2 Å². The quantitative estimate of drug-likeness (QED) is 0.597. The minimum absolute atomic E-state index is 0.0867. The van der Waals surface area contributed by atoms with E-state index < -0.39 is 0 Å². The topological polar surface area (TPSA) is 73.2 Å². The molecule has 0 bridgehead atoms. The zero-order valence-corrected chi connectivity index (χ0v) is 16.9. The number of nitrogens with one attached hydrogen (secondary N) is 1. The molecule has 2 aromatic rings. The highest BCUT2D eigenvalue weighted by Gasteiger charge is 2.25. The van der Waals surface area contributed by atoms with Crippen molar-refractivity contribution >= 4 is 23.4 Å². The van der Waals surface area contributed by atoms with Crippen LogP contribution >= 0.6 is 11.8 Å².